The fraction of sp³-hybridized carbons (Fsp3) is 0.375. The maximum absolute atomic E-state index is 13.1. The number of benzene rings is 2. The first kappa shape index (κ1) is 20.9. The van der Waals surface area contributed by atoms with Gasteiger partial charge >= 0.3 is 5.97 Å². The maximum atomic E-state index is 13.1. The molecule has 0 radical (unpaired) electrons. The van der Waals surface area contributed by atoms with Gasteiger partial charge in [-0.15, -0.1) is 0 Å². The summed E-state index contributed by atoms with van der Waals surface area (Å²) in [5.74, 6) is -0.366. The van der Waals surface area contributed by atoms with Crippen molar-refractivity contribution in [2.75, 3.05) is 23.4 Å². The van der Waals surface area contributed by atoms with Gasteiger partial charge in [0.05, 0.1) is 24.4 Å². The number of ether oxygens (including phenoxy) is 2. The van der Waals surface area contributed by atoms with E-state index < -0.39 is 24.0 Å². The minimum Gasteiger partial charge on any atom is -0.493 e. The van der Waals surface area contributed by atoms with Crippen molar-refractivity contribution in [3.8, 4) is 5.75 Å². The topological polar surface area (TPSA) is 84.9 Å². The third kappa shape index (κ3) is 4.13. The molecule has 1 heterocycles. The molecule has 0 aromatic heterocycles. The Kier molecular flexibility index (Phi) is 5.93. The summed E-state index contributed by atoms with van der Waals surface area (Å²) in [4.78, 5) is 39.8. The Balaban J connectivity index is 1.39. The van der Waals surface area contributed by atoms with Gasteiger partial charge in [0, 0.05) is 0 Å². The van der Waals surface area contributed by atoms with Crippen LogP contribution in [0, 0.1) is 6.92 Å². The first-order valence-electron chi connectivity index (χ1n) is 10.6. The summed E-state index contributed by atoms with van der Waals surface area (Å²) in [6.45, 7) is 1.68. The van der Waals surface area contributed by atoms with E-state index in [1.807, 2.05) is 49.4 Å². The van der Waals surface area contributed by atoms with Gasteiger partial charge in [0.15, 0.2) is 6.61 Å². The van der Waals surface area contributed by atoms with E-state index in [1.165, 1.54) is 0 Å². The van der Waals surface area contributed by atoms with Gasteiger partial charge in [0.2, 0.25) is 0 Å². The van der Waals surface area contributed by atoms with Crippen LogP contribution in [0.4, 0.5) is 11.4 Å². The third-order valence-corrected chi connectivity index (χ3v) is 5.94. The Hall–Kier alpha value is -3.35. The molecule has 0 saturated heterocycles. The lowest BCUT2D eigenvalue weighted by Gasteiger charge is -2.44. The van der Waals surface area contributed by atoms with Gasteiger partial charge in [0.1, 0.15) is 11.3 Å². The van der Waals surface area contributed by atoms with E-state index in [0.29, 0.717) is 30.0 Å². The van der Waals surface area contributed by atoms with Crippen LogP contribution in [0.15, 0.2) is 48.5 Å². The Labute approximate surface area is 181 Å². The SMILES string of the molecule is Cc1ccccc1OCCC(=O)OCC(=O)N1c2ccccc2NC(=O)C12CCCC2. The molecule has 1 fully saturated rings. The van der Waals surface area contributed by atoms with Gasteiger partial charge in [-0.1, -0.05) is 43.2 Å². The van der Waals surface area contributed by atoms with E-state index in [0.717, 1.165) is 18.4 Å². The molecule has 0 atom stereocenters. The van der Waals surface area contributed by atoms with Gasteiger partial charge in [0.25, 0.3) is 11.8 Å². The van der Waals surface area contributed by atoms with Gasteiger partial charge in [-0.25, -0.2) is 0 Å². The lowest BCUT2D eigenvalue weighted by molar-refractivity contribution is -0.148. The van der Waals surface area contributed by atoms with Crippen molar-refractivity contribution in [2.24, 2.45) is 0 Å². The Morgan fingerprint density at radius 2 is 1.77 bits per heavy atom. The molecule has 7 nitrogen and oxygen atoms in total. The number of esters is 1. The van der Waals surface area contributed by atoms with Crippen LogP contribution in [-0.2, 0) is 19.1 Å². The van der Waals surface area contributed by atoms with Crippen LogP contribution in [0.1, 0.15) is 37.7 Å². The molecule has 1 aliphatic heterocycles. The number of para-hydroxylation sites is 3. The van der Waals surface area contributed by atoms with Gasteiger partial charge in [-0.3, -0.25) is 19.3 Å². The molecule has 7 heteroatoms. The molecule has 2 aliphatic rings. The molecule has 2 amide bonds. The Morgan fingerprint density at radius 3 is 2.55 bits per heavy atom. The number of carbonyl (C=O) groups excluding carboxylic acids is 3. The van der Waals surface area contributed by atoms with E-state index in [1.54, 1.807) is 11.0 Å². The molecule has 162 valence electrons. The minimum absolute atomic E-state index is 0.0316. The molecule has 0 bridgehead atoms. The highest BCUT2D eigenvalue weighted by Crippen LogP contribution is 2.45. The maximum Gasteiger partial charge on any atom is 0.309 e. The summed E-state index contributed by atoms with van der Waals surface area (Å²) in [5.41, 5.74) is 1.31. The number of nitrogens with one attached hydrogen (secondary N) is 1. The lowest BCUT2D eigenvalue weighted by Crippen LogP contribution is -2.61. The first-order chi connectivity index (χ1) is 15.0. The van der Waals surface area contributed by atoms with Crippen LogP contribution in [0.5, 0.6) is 5.75 Å². The molecule has 0 unspecified atom stereocenters. The molecule has 1 aliphatic carbocycles. The quantitative estimate of drug-likeness (QED) is 0.719. The predicted molar refractivity (Wildman–Crippen MR) is 116 cm³/mol. The first-order valence-corrected chi connectivity index (χ1v) is 10.6. The summed E-state index contributed by atoms with van der Waals surface area (Å²) < 4.78 is 10.9. The number of carbonyl (C=O) groups is 3. The Bertz CT molecular complexity index is 997. The summed E-state index contributed by atoms with van der Waals surface area (Å²) >= 11 is 0. The van der Waals surface area contributed by atoms with E-state index in [2.05, 4.69) is 5.32 Å². The van der Waals surface area contributed by atoms with Crippen LogP contribution in [0.2, 0.25) is 0 Å². The monoisotopic (exact) mass is 422 g/mol. The van der Waals surface area contributed by atoms with Crippen molar-refractivity contribution >= 4 is 29.2 Å². The van der Waals surface area contributed by atoms with Crippen LogP contribution in [0.3, 0.4) is 0 Å². The van der Waals surface area contributed by atoms with Crippen molar-refractivity contribution in [1.82, 2.24) is 0 Å². The molecule has 2 aromatic carbocycles. The molecule has 1 N–H and O–H groups in total. The number of rotatable bonds is 6. The lowest BCUT2D eigenvalue weighted by atomic mass is 9.90. The number of anilines is 2. The van der Waals surface area contributed by atoms with Crippen molar-refractivity contribution < 1.29 is 23.9 Å². The molecule has 1 saturated carbocycles. The van der Waals surface area contributed by atoms with E-state index in [-0.39, 0.29) is 18.9 Å². The van der Waals surface area contributed by atoms with Crippen molar-refractivity contribution in [3.63, 3.8) is 0 Å². The molecule has 1 spiro atoms. The van der Waals surface area contributed by atoms with Crippen molar-refractivity contribution in [3.05, 3.63) is 54.1 Å². The fourth-order valence-electron chi connectivity index (χ4n) is 4.37. The van der Waals surface area contributed by atoms with Crippen molar-refractivity contribution in [2.45, 2.75) is 44.6 Å². The second kappa shape index (κ2) is 8.79. The molecule has 2 aromatic rings. The second-order valence-electron chi connectivity index (χ2n) is 7.96. The van der Waals surface area contributed by atoms with Crippen LogP contribution >= 0.6 is 0 Å². The third-order valence-electron chi connectivity index (χ3n) is 5.94. The second-order valence-corrected chi connectivity index (χ2v) is 7.96. The highest BCUT2D eigenvalue weighted by Gasteiger charge is 2.52. The zero-order chi connectivity index (χ0) is 21.8. The number of fused-ring (bicyclic) bond motifs is 1. The molecular formula is C24H26N2O5. The number of hydrogen-bond acceptors (Lipinski definition) is 5. The van der Waals surface area contributed by atoms with Crippen LogP contribution in [-0.4, -0.2) is 36.5 Å². The zero-order valence-corrected chi connectivity index (χ0v) is 17.6. The summed E-state index contributed by atoms with van der Waals surface area (Å²) in [7, 11) is 0. The van der Waals surface area contributed by atoms with Gasteiger partial charge in [-0.05, 0) is 43.5 Å². The highest BCUT2D eigenvalue weighted by atomic mass is 16.5. The molecule has 4 rings (SSSR count). The summed E-state index contributed by atoms with van der Waals surface area (Å²) in [6.07, 6.45) is 2.96. The Morgan fingerprint density at radius 1 is 1.06 bits per heavy atom. The van der Waals surface area contributed by atoms with Gasteiger partial charge in [-0.2, -0.15) is 0 Å². The van der Waals surface area contributed by atoms with Gasteiger partial charge < -0.3 is 14.8 Å². The number of amides is 2. The largest absolute Gasteiger partial charge is 0.493 e. The average Bonchev–Trinajstić information content (AvgIpc) is 3.25. The normalized spacial score (nSPS) is 16.5. The predicted octanol–water partition coefficient (Wildman–Crippen LogP) is 3.61. The van der Waals surface area contributed by atoms with E-state index >= 15 is 0 Å². The number of aryl methyl sites for hydroxylation is 1. The average molecular weight is 422 g/mol. The zero-order valence-electron chi connectivity index (χ0n) is 17.6. The highest BCUT2D eigenvalue weighted by molar-refractivity contribution is 6.15. The molecule has 31 heavy (non-hydrogen) atoms. The molecular weight excluding hydrogens is 396 g/mol. The van der Waals surface area contributed by atoms with E-state index in [9.17, 15) is 14.4 Å². The minimum atomic E-state index is -0.911. The smallest absolute Gasteiger partial charge is 0.309 e. The van der Waals surface area contributed by atoms with Crippen LogP contribution < -0.4 is 15.0 Å². The van der Waals surface area contributed by atoms with Crippen molar-refractivity contribution in [1.29, 1.82) is 0 Å². The number of nitrogens with zero attached hydrogens (tertiary/aromatic N) is 1. The summed E-state index contributed by atoms with van der Waals surface area (Å²) in [6, 6.07) is 14.8. The van der Waals surface area contributed by atoms with E-state index in [4.69, 9.17) is 9.47 Å². The standard InChI is InChI=1S/C24H26N2O5/c1-17-8-2-5-11-20(17)30-15-12-22(28)31-16-21(27)26-19-10-4-3-9-18(19)25-23(29)24(26)13-6-7-14-24/h2-5,8-11H,6-7,12-16H2,1H3,(H,25,29). The summed E-state index contributed by atoms with van der Waals surface area (Å²) in [5, 5.41) is 2.93. The van der Waals surface area contributed by atoms with Crippen LogP contribution in [0.25, 0.3) is 0 Å². The fourth-order valence-corrected chi connectivity index (χ4v) is 4.37. The number of hydrogen-bond donors (Lipinski definition) is 1.